The van der Waals surface area contributed by atoms with Gasteiger partial charge in [0, 0.05) is 24.0 Å². The van der Waals surface area contributed by atoms with E-state index in [9.17, 15) is 8.78 Å². The van der Waals surface area contributed by atoms with Crippen molar-refractivity contribution in [3.63, 3.8) is 0 Å². The molecule has 0 amide bonds. The van der Waals surface area contributed by atoms with Crippen molar-refractivity contribution in [2.75, 3.05) is 0 Å². The van der Waals surface area contributed by atoms with E-state index in [2.05, 4.69) is 20.1 Å². The van der Waals surface area contributed by atoms with Crippen LogP contribution in [0.25, 0.3) is 17.0 Å². The minimum atomic E-state index is -0.699. The van der Waals surface area contributed by atoms with E-state index in [0.29, 0.717) is 17.2 Å². The van der Waals surface area contributed by atoms with E-state index in [4.69, 9.17) is 4.74 Å². The van der Waals surface area contributed by atoms with Gasteiger partial charge in [0.15, 0.2) is 0 Å². The first-order valence-corrected chi connectivity index (χ1v) is 7.38. The Hall–Kier alpha value is -3.42. The summed E-state index contributed by atoms with van der Waals surface area (Å²) in [5, 5.41) is 4.28. The highest BCUT2D eigenvalue weighted by Gasteiger charge is 2.11. The number of pyridine rings is 1. The summed E-state index contributed by atoms with van der Waals surface area (Å²) in [6, 6.07) is 6.78. The Balaban J connectivity index is 1.61. The second-order valence-corrected chi connectivity index (χ2v) is 5.22. The standard InChI is InChI=1S/C17H11F2N5O/c18-11-1-2-14(15(19)7-11)16-8-21-17-22-12(9-24(17)23-16)10-25-13-3-5-20-6-4-13/h1-9H,10H2. The van der Waals surface area contributed by atoms with E-state index in [-0.39, 0.29) is 17.9 Å². The van der Waals surface area contributed by atoms with Gasteiger partial charge in [-0.15, -0.1) is 0 Å². The van der Waals surface area contributed by atoms with E-state index < -0.39 is 11.6 Å². The first-order valence-electron chi connectivity index (χ1n) is 7.38. The van der Waals surface area contributed by atoms with Crippen LogP contribution in [0.15, 0.2) is 55.1 Å². The van der Waals surface area contributed by atoms with Gasteiger partial charge < -0.3 is 4.74 Å². The van der Waals surface area contributed by atoms with Crippen molar-refractivity contribution in [1.82, 2.24) is 24.6 Å². The van der Waals surface area contributed by atoms with Crippen LogP contribution in [-0.2, 0) is 6.61 Å². The van der Waals surface area contributed by atoms with Crippen molar-refractivity contribution in [2.45, 2.75) is 6.61 Å². The molecule has 0 saturated carbocycles. The smallest absolute Gasteiger partial charge is 0.251 e. The summed E-state index contributed by atoms with van der Waals surface area (Å²) in [6.07, 6.45) is 6.30. The van der Waals surface area contributed by atoms with Crippen LogP contribution in [0.1, 0.15) is 5.69 Å². The maximum Gasteiger partial charge on any atom is 0.251 e. The minimum absolute atomic E-state index is 0.166. The Morgan fingerprint density at radius 1 is 1.08 bits per heavy atom. The summed E-state index contributed by atoms with van der Waals surface area (Å²) < 4.78 is 34.0. The third-order valence-corrected chi connectivity index (χ3v) is 3.48. The molecule has 0 spiro atoms. The molecule has 6 nitrogen and oxygen atoms in total. The van der Waals surface area contributed by atoms with Gasteiger partial charge in [-0.3, -0.25) is 4.98 Å². The van der Waals surface area contributed by atoms with Gasteiger partial charge in [0.25, 0.3) is 5.78 Å². The predicted octanol–water partition coefficient (Wildman–Crippen LogP) is 3.04. The second-order valence-electron chi connectivity index (χ2n) is 5.22. The molecule has 0 saturated heterocycles. The molecule has 0 atom stereocenters. The number of aromatic nitrogens is 5. The third kappa shape index (κ3) is 3.14. The summed E-state index contributed by atoms with van der Waals surface area (Å²) in [4.78, 5) is 12.4. The number of fused-ring (bicyclic) bond motifs is 1. The minimum Gasteiger partial charge on any atom is -0.487 e. The monoisotopic (exact) mass is 339 g/mol. The zero-order valence-electron chi connectivity index (χ0n) is 12.8. The lowest BCUT2D eigenvalue weighted by atomic mass is 10.1. The molecule has 0 aliphatic heterocycles. The van der Waals surface area contributed by atoms with Crippen molar-refractivity contribution in [2.24, 2.45) is 0 Å². The topological polar surface area (TPSA) is 65.2 Å². The molecule has 0 aliphatic carbocycles. The van der Waals surface area contributed by atoms with Crippen molar-refractivity contribution in [3.8, 4) is 17.0 Å². The highest BCUT2D eigenvalue weighted by atomic mass is 19.1. The number of ether oxygens (including phenoxy) is 1. The predicted molar refractivity (Wildman–Crippen MR) is 84.7 cm³/mol. The molecule has 0 radical (unpaired) electrons. The van der Waals surface area contributed by atoms with E-state index in [1.165, 1.54) is 22.8 Å². The molecule has 4 rings (SSSR count). The van der Waals surface area contributed by atoms with Gasteiger partial charge in [0.2, 0.25) is 0 Å². The second kappa shape index (κ2) is 6.23. The molecule has 0 N–H and O–H groups in total. The molecule has 3 aromatic heterocycles. The summed E-state index contributed by atoms with van der Waals surface area (Å²) in [5.41, 5.74) is 1.07. The molecule has 1 aromatic carbocycles. The van der Waals surface area contributed by atoms with Gasteiger partial charge in [-0.25, -0.2) is 23.3 Å². The van der Waals surface area contributed by atoms with E-state index in [0.717, 1.165) is 6.07 Å². The summed E-state index contributed by atoms with van der Waals surface area (Å²) in [5.74, 6) is -0.315. The fourth-order valence-corrected chi connectivity index (χ4v) is 2.31. The molecular formula is C17H11F2N5O. The average molecular weight is 339 g/mol. The largest absolute Gasteiger partial charge is 0.487 e. The van der Waals surface area contributed by atoms with Gasteiger partial charge >= 0.3 is 0 Å². The Bertz CT molecular complexity index is 1040. The quantitative estimate of drug-likeness (QED) is 0.572. The number of imidazole rings is 1. The molecule has 3 heterocycles. The Morgan fingerprint density at radius 3 is 2.72 bits per heavy atom. The maximum atomic E-state index is 13.9. The molecule has 0 aliphatic rings. The Labute approximate surface area is 140 Å². The molecule has 0 unspecified atom stereocenters. The van der Waals surface area contributed by atoms with Gasteiger partial charge in [0.05, 0.1) is 12.4 Å². The molecule has 0 fully saturated rings. The number of rotatable bonds is 4. The van der Waals surface area contributed by atoms with Gasteiger partial charge in [-0.05, 0) is 24.3 Å². The maximum absolute atomic E-state index is 13.9. The van der Waals surface area contributed by atoms with E-state index in [1.54, 1.807) is 30.7 Å². The molecule has 4 aromatic rings. The number of halogens is 2. The van der Waals surface area contributed by atoms with E-state index >= 15 is 0 Å². The molecule has 0 bridgehead atoms. The highest BCUT2D eigenvalue weighted by molar-refractivity contribution is 5.59. The van der Waals surface area contributed by atoms with E-state index in [1.807, 2.05) is 0 Å². The van der Waals surface area contributed by atoms with Gasteiger partial charge in [-0.2, -0.15) is 5.10 Å². The van der Waals surface area contributed by atoms with Crippen LogP contribution in [0.2, 0.25) is 0 Å². The molecule has 8 heteroatoms. The highest BCUT2D eigenvalue weighted by Crippen LogP contribution is 2.21. The first-order chi connectivity index (χ1) is 12.2. The molecule has 25 heavy (non-hydrogen) atoms. The third-order valence-electron chi connectivity index (χ3n) is 3.48. The molecular weight excluding hydrogens is 328 g/mol. The van der Waals surface area contributed by atoms with Crippen LogP contribution >= 0.6 is 0 Å². The zero-order valence-corrected chi connectivity index (χ0v) is 12.8. The van der Waals surface area contributed by atoms with Gasteiger partial charge in [-0.1, -0.05) is 0 Å². The summed E-state index contributed by atoms with van der Waals surface area (Å²) in [6.45, 7) is 0.231. The lowest BCUT2D eigenvalue weighted by Crippen LogP contribution is -1.97. The summed E-state index contributed by atoms with van der Waals surface area (Å²) >= 11 is 0. The lowest BCUT2D eigenvalue weighted by molar-refractivity contribution is 0.301. The lowest BCUT2D eigenvalue weighted by Gasteiger charge is -2.02. The number of nitrogens with zero attached hydrogens (tertiary/aromatic N) is 5. The van der Waals surface area contributed by atoms with Crippen molar-refractivity contribution < 1.29 is 13.5 Å². The molecule has 124 valence electrons. The van der Waals surface area contributed by atoms with Crippen molar-refractivity contribution in [1.29, 1.82) is 0 Å². The average Bonchev–Trinajstić information content (AvgIpc) is 3.03. The number of benzene rings is 1. The van der Waals surface area contributed by atoms with Crippen LogP contribution in [-0.4, -0.2) is 24.6 Å². The van der Waals surface area contributed by atoms with Crippen LogP contribution in [0.4, 0.5) is 8.78 Å². The van der Waals surface area contributed by atoms with Crippen LogP contribution < -0.4 is 4.74 Å². The van der Waals surface area contributed by atoms with Crippen LogP contribution in [0, 0.1) is 11.6 Å². The Kier molecular flexibility index (Phi) is 3.77. The normalized spacial score (nSPS) is 11.0. The fourth-order valence-electron chi connectivity index (χ4n) is 2.31. The van der Waals surface area contributed by atoms with Crippen LogP contribution in [0.5, 0.6) is 5.75 Å². The van der Waals surface area contributed by atoms with Gasteiger partial charge in [0.1, 0.15) is 35.4 Å². The van der Waals surface area contributed by atoms with Crippen molar-refractivity contribution in [3.05, 3.63) is 72.4 Å². The fraction of sp³-hybridized carbons (Fsp3) is 0.0588. The number of hydrogen-bond acceptors (Lipinski definition) is 5. The Morgan fingerprint density at radius 2 is 1.92 bits per heavy atom. The SMILES string of the molecule is Fc1ccc(-c2cnc3nc(COc4ccncc4)cn3n2)c(F)c1. The summed E-state index contributed by atoms with van der Waals surface area (Å²) in [7, 11) is 0. The van der Waals surface area contributed by atoms with Crippen LogP contribution in [0.3, 0.4) is 0 Å². The van der Waals surface area contributed by atoms with Crippen molar-refractivity contribution >= 4 is 5.78 Å². The number of hydrogen-bond donors (Lipinski definition) is 0. The first kappa shape index (κ1) is 15.1. The zero-order chi connectivity index (χ0) is 17.2.